The van der Waals surface area contributed by atoms with Gasteiger partial charge >= 0.3 is 0 Å². The molecule has 2 rings (SSSR count). The van der Waals surface area contributed by atoms with Crippen molar-refractivity contribution in [3.05, 3.63) is 35.4 Å². The van der Waals surface area contributed by atoms with Crippen LogP contribution >= 0.6 is 0 Å². The molecule has 5 heteroatoms. The van der Waals surface area contributed by atoms with Crippen molar-refractivity contribution in [2.45, 2.75) is 20.4 Å². The summed E-state index contributed by atoms with van der Waals surface area (Å²) >= 11 is 0. The maximum absolute atomic E-state index is 5.23. The standard InChI is InChI=1S/C13H18N4O/c1-9-7-11(5-6-12(9)18-4)14-8-13-16-15-10(2)17(13)3/h5-7,14H,8H2,1-4H3. The molecule has 0 aliphatic rings. The molecule has 0 spiro atoms. The first-order chi connectivity index (χ1) is 8.61. The van der Waals surface area contributed by atoms with Gasteiger partial charge in [0, 0.05) is 12.7 Å². The Morgan fingerprint density at radius 2 is 2.06 bits per heavy atom. The van der Waals surface area contributed by atoms with Gasteiger partial charge in [-0.05, 0) is 37.6 Å². The fourth-order valence-corrected chi connectivity index (χ4v) is 1.77. The number of hydrogen-bond donors (Lipinski definition) is 1. The number of aromatic nitrogens is 3. The van der Waals surface area contributed by atoms with Crippen molar-refractivity contribution in [3.8, 4) is 5.75 Å². The fraction of sp³-hybridized carbons (Fsp3) is 0.385. The van der Waals surface area contributed by atoms with Gasteiger partial charge in [-0.3, -0.25) is 0 Å². The second-order valence-electron chi connectivity index (χ2n) is 4.26. The Balaban J connectivity index is 2.06. The van der Waals surface area contributed by atoms with Crippen LogP contribution in [0.1, 0.15) is 17.2 Å². The molecule has 0 amide bonds. The minimum absolute atomic E-state index is 0.656. The molecule has 5 nitrogen and oxygen atoms in total. The summed E-state index contributed by atoms with van der Waals surface area (Å²) in [7, 11) is 3.64. The van der Waals surface area contributed by atoms with Gasteiger partial charge in [0.05, 0.1) is 13.7 Å². The highest BCUT2D eigenvalue weighted by Crippen LogP contribution is 2.21. The molecule has 0 fully saturated rings. The van der Waals surface area contributed by atoms with Gasteiger partial charge in [-0.1, -0.05) is 0 Å². The number of nitrogens with one attached hydrogen (secondary N) is 1. The topological polar surface area (TPSA) is 52.0 Å². The minimum atomic E-state index is 0.656. The van der Waals surface area contributed by atoms with Crippen molar-refractivity contribution in [2.24, 2.45) is 7.05 Å². The van der Waals surface area contributed by atoms with Crippen LogP contribution in [0.2, 0.25) is 0 Å². The Kier molecular flexibility index (Phi) is 3.50. The Bertz CT molecular complexity index is 548. The number of nitrogens with zero attached hydrogens (tertiary/aromatic N) is 3. The lowest BCUT2D eigenvalue weighted by Crippen LogP contribution is -2.06. The van der Waals surface area contributed by atoms with E-state index in [1.165, 1.54) is 0 Å². The summed E-state index contributed by atoms with van der Waals surface area (Å²) in [6, 6.07) is 6.01. The Morgan fingerprint density at radius 1 is 1.28 bits per heavy atom. The third-order valence-electron chi connectivity index (χ3n) is 3.03. The van der Waals surface area contributed by atoms with Gasteiger partial charge in [-0.25, -0.2) is 0 Å². The predicted molar refractivity (Wildman–Crippen MR) is 70.8 cm³/mol. The normalized spacial score (nSPS) is 10.4. The van der Waals surface area contributed by atoms with E-state index >= 15 is 0 Å². The summed E-state index contributed by atoms with van der Waals surface area (Å²) in [5, 5.41) is 11.5. The molecule has 1 aromatic heterocycles. The fourth-order valence-electron chi connectivity index (χ4n) is 1.77. The third kappa shape index (κ3) is 2.45. The summed E-state index contributed by atoms with van der Waals surface area (Å²) < 4.78 is 7.21. The van der Waals surface area contributed by atoms with Crippen LogP contribution in [0, 0.1) is 13.8 Å². The predicted octanol–water partition coefficient (Wildman–Crippen LogP) is 2.05. The number of aryl methyl sites for hydroxylation is 2. The molecule has 18 heavy (non-hydrogen) atoms. The van der Waals surface area contributed by atoms with E-state index in [2.05, 4.69) is 21.6 Å². The molecule has 1 N–H and O–H groups in total. The smallest absolute Gasteiger partial charge is 0.152 e. The number of methoxy groups -OCH3 is 1. The van der Waals surface area contributed by atoms with E-state index in [9.17, 15) is 0 Å². The zero-order chi connectivity index (χ0) is 13.1. The molecular formula is C13H18N4O. The Hall–Kier alpha value is -2.04. The van der Waals surface area contributed by atoms with Crippen LogP contribution in [-0.2, 0) is 13.6 Å². The number of ether oxygens (including phenoxy) is 1. The van der Waals surface area contributed by atoms with Crippen LogP contribution in [0.25, 0.3) is 0 Å². The summed E-state index contributed by atoms with van der Waals surface area (Å²) in [6.45, 7) is 4.62. The van der Waals surface area contributed by atoms with E-state index in [0.29, 0.717) is 6.54 Å². The van der Waals surface area contributed by atoms with E-state index in [0.717, 1.165) is 28.6 Å². The number of rotatable bonds is 4. The maximum Gasteiger partial charge on any atom is 0.152 e. The molecule has 0 aliphatic heterocycles. The van der Waals surface area contributed by atoms with Crippen molar-refractivity contribution < 1.29 is 4.74 Å². The van der Waals surface area contributed by atoms with Crippen LogP contribution in [0.3, 0.4) is 0 Å². The van der Waals surface area contributed by atoms with Crippen molar-refractivity contribution in [3.63, 3.8) is 0 Å². The van der Waals surface area contributed by atoms with Gasteiger partial charge in [-0.2, -0.15) is 0 Å². The highest BCUT2D eigenvalue weighted by Gasteiger charge is 2.05. The molecule has 0 atom stereocenters. The van der Waals surface area contributed by atoms with Crippen LogP contribution < -0.4 is 10.1 Å². The zero-order valence-electron chi connectivity index (χ0n) is 11.2. The molecule has 0 aliphatic carbocycles. The Labute approximate surface area is 107 Å². The van der Waals surface area contributed by atoms with Crippen molar-refractivity contribution >= 4 is 5.69 Å². The molecule has 1 aromatic carbocycles. The van der Waals surface area contributed by atoms with Crippen molar-refractivity contribution in [1.82, 2.24) is 14.8 Å². The largest absolute Gasteiger partial charge is 0.496 e. The van der Waals surface area contributed by atoms with E-state index in [1.54, 1.807) is 7.11 Å². The third-order valence-corrected chi connectivity index (χ3v) is 3.03. The van der Waals surface area contributed by atoms with Crippen LogP contribution in [0.5, 0.6) is 5.75 Å². The molecular weight excluding hydrogens is 228 g/mol. The molecule has 0 saturated carbocycles. The summed E-state index contributed by atoms with van der Waals surface area (Å²) in [5.74, 6) is 2.73. The summed E-state index contributed by atoms with van der Waals surface area (Å²) in [6.07, 6.45) is 0. The van der Waals surface area contributed by atoms with Gasteiger partial charge in [0.15, 0.2) is 5.82 Å². The van der Waals surface area contributed by atoms with E-state index in [-0.39, 0.29) is 0 Å². The second kappa shape index (κ2) is 5.08. The van der Waals surface area contributed by atoms with Gasteiger partial charge in [0.1, 0.15) is 11.6 Å². The molecule has 0 bridgehead atoms. The lowest BCUT2D eigenvalue weighted by Gasteiger charge is -2.09. The highest BCUT2D eigenvalue weighted by molar-refractivity contribution is 5.50. The molecule has 96 valence electrons. The van der Waals surface area contributed by atoms with Crippen LogP contribution in [0.4, 0.5) is 5.69 Å². The first kappa shape index (κ1) is 12.4. The van der Waals surface area contributed by atoms with E-state index < -0.39 is 0 Å². The van der Waals surface area contributed by atoms with Gasteiger partial charge in [0.25, 0.3) is 0 Å². The molecule has 1 heterocycles. The van der Waals surface area contributed by atoms with Gasteiger partial charge in [-0.15, -0.1) is 10.2 Å². The average Bonchev–Trinajstić information content (AvgIpc) is 2.68. The second-order valence-corrected chi connectivity index (χ2v) is 4.26. The molecule has 0 radical (unpaired) electrons. The Morgan fingerprint density at radius 3 is 2.61 bits per heavy atom. The van der Waals surface area contributed by atoms with Crippen molar-refractivity contribution in [2.75, 3.05) is 12.4 Å². The number of anilines is 1. The van der Waals surface area contributed by atoms with Crippen LogP contribution in [-0.4, -0.2) is 21.9 Å². The molecule has 0 unspecified atom stereocenters. The number of benzene rings is 1. The highest BCUT2D eigenvalue weighted by atomic mass is 16.5. The first-order valence-corrected chi connectivity index (χ1v) is 5.85. The average molecular weight is 246 g/mol. The molecule has 0 saturated heterocycles. The quantitative estimate of drug-likeness (QED) is 0.897. The van der Waals surface area contributed by atoms with Gasteiger partial charge < -0.3 is 14.6 Å². The molecule has 2 aromatic rings. The lowest BCUT2D eigenvalue weighted by molar-refractivity contribution is 0.412. The summed E-state index contributed by atoms with van der Waals surface area (Å²) in [5.41, 5.74) is 2.16. The van der Waals surface area contributed by atoms with E-state index in [1.807, 2.05) is 37.6 Å². The number of hydrogen-bond acceptors (Lipinski definition) is 4. The maximum atomic E-state index is 5.23. The van der Waals surface area contributed by atoms with Crippen LogP contribution in [0.15, 0.2) is 18.2 Å². The monoisotopic (exact) mass is 246 g/mol. The summed E-state index contributed by atoms with van der Waals surface area (Å²) in [4.78, 5) is 0. The van der Waals surface area contributed by atoms with E-state index in [4.69, 9.17) is 4.74 Å². The van der Waals surface area contributed by atoms with Crippen molar-refractivity contribution in [1.29, 1.82) is 0 Å². The minimum Gasteiger partial charge on any atom is -0.496 e. The van der Waals surface area contributed by atoms with Gasteiger partial charge in [0.2, 0.25) is 0 Å². The lowest BCUT2D eigenvalue weighted by atomic mass is 10.2. The zero-order valence-corrected chi connectivity index (χ0v) is 11.2. The first-order valence-electron chi connectivity index (χ1n) is 5.85. The SMILES string of the molecule is COc1ccc(NCc2nnc(C)n2C)cc1C.